The molecular weight excluding hydrogens is 526 g/mol. The van der Waals surface area contributed by atoms with Crippen LogP contribution in [-0.2, 0) is 11.2 Å². The molecule has 0 saturated heterocycles. The summed E-state index contributed by atoms with van der Waals surface area (Å²) in [5, 5.41) is 20.7. The van der Waals surface area contributed by atoms with Gasteiger partial charge in [-0.15, -0.1) is 10.2 Å². The summed E-state index contributed by atoms with van der Waals surface area (Å²) in [5.74, 6) is 1.05. The first kappa shape index (κ1) is 27.1. The first-order valence-corrected chi connectivity index (χ1v) is 14.0. The highest BCUT2D eigenvalue weighted by molar-refractivity contribution is 5.95. The molecule has 0 radical (unpaired) electrons. The van der Waals surface area contributed by atoms with E-state index in [4.69, 9.17) is 4.98 Å². The van der Waals surface area contributed by atoms with Crippen LogP contribution in [0.1, 0.15) is 44.1 Å². The lowest BCUT2D eigenvalue weighted by molar-refractivity contribution is -0.118. The Morgan fingerprint density at radius 3 is 2.69 bits per heavy atom. The fourth-order valence-corrected chi connectivity index (χ4v) is 5.07. The summed E-state index contributed by atoms with van der Waals surface area (Å²) in [7, 11) is 0. The third kappa shape index (κ3) is 5.69. The molecular formula is C32H33N9O. The van der Waals surface area contributed by atoms with Gasteiger partial charge in [-0.3, -0.25) is 4.79 Å². The first-order valence-electron chi connectivity index (χ1n) is 14.0. The molecule has 2 aromatic carbocycles. The maximum absolute atomic E-state index is 13.2. The lowest BCUT2D eigenvalue weighted by atomic mass is 9.81. The summed E-state index contributed by atoms with van der Waals surface area (Å²) >= 11 is 0. The van der Waals surface area contributed by atoms with Gasteiger partial charge in [0.2, 0.25) is 5.91 Å². The molecule has 3 heterocycles. The number of nitrogens with one attached hydrogen (secondary N) is 3. The number of imidazole rings is 1. The van der Waals surface area contributed by atoms with Crippen molar-refractivity contribution in [3.05, 3.63) is 102 Å². The van der Waals surface area contributed by atoms with Crippen molar-refractivity contribution in [3.8, 4) is 11.3 Å². The Morgan fingerprint density at radius 1 is 1.14 bits per heavy atom. The third-order valence-corrected chi connectivity index (χ3v) is 7.51. The molecule has 10 nitrogen and oxygen atoms in total. The van der Waals surface area contributed by atoms with E-state index in [0.717, 1.165) is 33.8 Å². The van der Waals surface area contributed by atoms with Crippen LogP contribution in [0.25, 0.3) is 16.9 Å². The Hall–Kier alpha value is -5.12. The van der Waals surface area contributed by atoms with Gasteiger partial charge in [-0.05, 0) is 53.7 Å². The normalized spacial score (nSPS) is 15.0. The topological polar surface area (TPSA) is 126 Å². The zero-order chi connectivity index (χ0) is 29.3. The minimum absolute atomic E-state index is 0.0149. The standard InChI is InChI=1S/C32H33N9O/c1-20-25(6-5-7-26(20)36-31(42)22-10-12-23(13-11-22)32(2,3)4)27-19-41-17-16-33-30(41)29(35-27)34-24-14-8-21(9-15-24)18-28-37-39-40-38-28/h5-10,12-17,19,22H,11,18H2,1-4H3,(H,34,35)(H,36,42)(H,37,38,39,40). The highest BCUT2D eigenvalue weighted by Gasteiger charge is 2.23. The maximum atomic E-state index is 13.2. The lowest BCUT2D eigenvalue weighted by Crippen LogP contribution is -2.23. The maximum Gasteiger partial charge on any atom is 0.231 e. The van der Waals surface area contributed by atoms with Crippen LogP contribution in [0, 0.1) is 18.3 Å². The highest BCUT2D eigenvalue weighted by atomic mass is 16.1. The third-order valence-electron chi connectivity index (χ3n) is 7.51. The van der Waals surface area contributed by atoms with Gasteiger partial charge in [-0.1, -0.05) is 68.5 Å². The molecule has 0 spiro atoms. The lowest BCUT2D eigenvalue weighted by Gasteiger charge is -2.25. The molecule has 0 aliphatic heterocycles. The van der Waals surface area contributed by atoms with E-state index >= 15 is 0 Å². The van der Waals surface area contributed by atoms with E-state index in [1.54, 1.807) is 6.20 Å². The molecule has 3 aromatic heterocycles. The van der Waals surface area contributed by atoms with E-state index in [2.05, 4.69) is 69.2 Å². The van der Waals surface area contributed by atoms with Gasteiger partial charge in [-0.2, -0.15) is 5.21 Å². The fourth-order valence-electron chi connectivity index (χ4n) is 5.07. The number of tetrazole rings is 1. The number of benzene rings is 2. The summed E-state index contributed by atoms with van der Waals surface area (Å²) in [5.41, 5.74) is 7.40. The van der Waals surface area contributed by atoms with Crippen LogP contribution < -0.4 is 10.6 Å². The number of carbonyl (C=O) groups is 1. The summed E-state index contributed by atoms with van der Waals surface area (Å²) in [4.78, 5) is 22.7. The largest absolute Gasteiger partial charge is 0.337 e. The molecule has 1 amide bonds. The monoisotopic (exact) mass is 559 g/mol. The minimum atomic E-state index is -0.200. The highest BCUT2D eigenvalue weighted by Crippen LogP contribution is 2.33. The van der Waals surface area contributed by atoms with Gasteiger partial charge in [-0.25, -0.2) is 9.97 Å². The Kier molecular flexibility index (Phi) is 7.12. The molecule has 0 saturated carbocycles. The van der Waals surface area contributed by atoms with Crippen molar-refractivity contribution in [3.63, 3.8) is 0 Å². The molecule has 212 valence electrons. The zero-order valence-corrected chi connectivity index (χ0v) is 24.1. The SMILES string of the molecule is Cc1c(NC(=O)C2C=CC(C(C)(C)C)=CC2)cccc1-c1cn2ccnc2c(Nc2ccc(Cc3nn[nH]n3)cc2)n1. The molecule has 0 fully saturated rings. The van der Waals surface area contributed by atoms with Crippen molar-refractivity contribution in [2.75, 3.05) is 10.6 Å². The molecule has 42 heavy (non-hydrogen) atoms. The Morgan fingerprint density at radius 2 is 1.98 bits per heavy atom. The van der Waals surface area contributed by atoms with Crippen molar-refractivity contribution >= 4 is 28.7 Å². The first-order chi connectivity index (χ1) is 20.2. The summed E-state index contributed by atoms with van der Waals surface area (Å²) in [6.45, 7) is 8.56. The van der Waals surface area contributed by atoms with E-state index in [1.165, 1.54) is 5.57 Å². The average Bonchev–Trinajstić information content (AvgIpc) is 3.67. The zero-order valence-electron chi connectivity index (χ0n) is 24.1. The number of aromatic amines is 1. The Bertz CT molecular complexity index is 1790. The van der Waals surface area contributed by atoms with Gasteiger partial charge in [0.25, 0.3) is 0 Å². The van der Waals surface area contributed by atoms with Crippen LogP contribution in [0.4, 0.5) is 17.2 Å². The molecule has 6 rings (SSSR count). The number of hydrogen-bond acceptors (Lipinski definition) is 7. The van der Waals surface area contributed by atoms with Crippen LogP contribution >= 0.6 is 0 Å². The number of H-pyrrole nitrogens is 1. The molecule has 5 aromatic rings. The van der Waals surface area contributed by atoms with Crippen molar-refractivity contribution < 1.29 is 4.79 Å². The van der Waals surface area contributed by atoms with Crippen molar-refractivity contribution in [2.24, 2.45) is 11.3 Å². The number of anilines is 3. The number of carbonyl (C=O) groups excluding carboxylic acids is 1. The number of fused-ring (bicyclic) bond motifs is 1. The predicted molar refractivity (Wildman–Crippen MR) is 163 cm³/mol. The van der Waals surface area contributed by atoms with Crippen LogP contribution in [0.3, 0.4) is 0 Å². The summed E-state index contributed by atoms with van der Waals surface area (Å²) in [6.07, 6.45) is 13.2. The van der Waals surface area contributed by atoms with Crippen molar-refractivity contribution in [2.45, 2.75) is 40.5 Å². The van der Waals surface area contributed by atoms with Crippen LogP contribution in [0.2, 0.25) is 0 Å². The minimum Gasteiger partial charge on any atom is -0.337 e. The van der Waals surface area contributed by atoms with Crippen molar-refractivity contribution in [1.82, 2.24) is 35.0 Å². The molecule has 1 atom stereocenters. The number of amides is 1. The van der Waals surface area contributed by atoms with Gasteiger partial charge in [0.05, 0.1) is 11.6 Å². The van der Waals surface area contributed by atoms with E-state index in [1.807, 2.05) is 72.3 Å². The van der Waals surface area contributed by atoms with E-state index < -0.39 is 0 Å². The molecule has 1 aliphatic rings. The second-order valence-electron chi connectivity index (χ2n) is 11.5. The molecule has 3 N–H and O–H groups in total. The van der Waals surface area contributed by atoms with E-state index in [9.17, 15) is 4.79 Å². The van der Waals surface area contributed by atoms with E-state index in [0.29, 0.717) is 30.1 Å². The van der Waals surface area contributed by atoms with Gasteiger partial charge in [0.1, 0.15) is 0 Å². The number of allylic oxidation sites excluding steroid dienone is 3. The van der Waals surface area contributed by atoms with Gasteiger partial charge >= 0.3 is 0 Å². The van der Waals surface area contributed by atoms with E-state index in [-0.39, 0.29) is 17.2 Å². The summed E-state index contributed by atoms with van der Waals surface area (Å²) in [6, 6.07) is 13.9. The van der Waals surface area contributed by atoms with Crippen LogP contribution in [0.15, 0.2) is 84.9 Å². The van der Waals surface area contributed by atoms with Gasteiger partial charge in [0.15, 0.2) is 17.3 Å². The number of hydrogen-bond donors (Lipinski definition) is 3. The van der Waals surface area contributed by atoms with Crippen LogP contribution in [0.5, 0.6) is 0 Å². The molecule has 10 heteroatoms. The Balaban J connectivity index is 1.23. The van der Waals surface area contributed by atoms with Gasteiger partial charge < -0.3 is 15.0 Å². The second kappa shape index (κ2) is 11.0. The average molecular weight is 560 g/mol. The quantitative estimate of drug-likeness (QED) is 0.222. The summed E-state index contributed by atoms with van der Waals surface area (Å²) < 4.78 is 1.95. The van der Waals surface area contributed by atoms with Gasteiger partial charge in [0, 0.05) is 41.9 Å². The molecule has 1 aliphatic carbocycles. The number of rotatable bonds is 7. The van der Waals surface area contributed by atoms with Crippen molar-refractivity contribution in [1.29, 1.82) is 0 Å². The Labute approximate surface area is 244 Å². The predicted octanol–water partition coefficient (Wildman–Crippen LogP) is 6.04. The second-order valence-corrected chi connectivity index (χ2v) is 11.5. The van der Waals surface area contributed by atoms with Crippen LogP contribution in [-0.4, -0.2) is 40.9 Å². The number of aromatic nitrogens is 7. The molecule has 0 bridgehead atoms. The smallest absolute Gasteiger partial charge is 0.231 e. The molecule has 1 unspecified atom stereocenters. The number of nitrogens with zero attached hydrogens (tertiary/aromatic N) is 6. The fraction of sp³-hybridized carbons (Fsp3) is 0.250.